The Balaban J connectivity index is 2.04. The van der Waals surface area contributed by atoms with Crippen LogP contribution in [0.4, 0.5) is 0 Å². The first-order valence-corrected chi connectivity index (χ1v) is 5.92. The van der Waals surface area contributed by atoms with E-state index in [4.69, 9.17) is 11.6 Å². The highest BCUT2D eigenvalue weighted by Crippen LogP contribution is 2.33. The molecule has 1 aliphatic rings. The molecule has 0 radical (unpaired) electrons. The van der Waals surface area contributed by atoms with Crippen molar-refractivity contribution in [3.63, 3.8) is 0 Å². The summed E-state index contributed by atoms with van der Waals surface area (Å²) in [4.78, 5) is 15.9. The SMILES string of the molecule is CCC1CC1NC(=O)c1cnc(C)cc1Cl. The topological polar surface area (TPSA) is 42.0 Å². The molecule has 1 N–H and O–H groups in total. The highest BCUT2D eigenvalue weighted by atomic mass is 35.5. The number of hydrogen-bond donors (Lipinski definition) is 1. The zero-order valence-corrected chi connectivity index (χ0v) is 10.2. The lowest BCUT2D eigenvalue weighted by Crippen LogP contribution is -2.27. The number of pyridine rings is 1. The largest absolute Gasteiger partial charge is 0.349 e. The minimum atomic E-state index is -0.113. The first kappa shape index (κ1) is 11.4. The van der Waals surface area contributed by atoms with Crippen LogP contribution in [0.2, 0.25) is 5.02 Å². The van der Waals surface area contributed by atoms with Crippen molar-refractivity contribution >= 4 is 17.5 Å². The Bertz CT molecular complexity index is 419. The highest BCUT2D eigenvalue weighted by molar-refractivity contribution is 6.33. The first-order chi connectivity index (χ1) is 7.61. The Hall–Kier alpha value is -1.09. The van der Waals surface area contributed by atoms with Crippen LogP contribution in [0.3, 0.4) is 0 Å². The molecule has 4 heteroatoms. The molecule has 1 aromatic rings. The second kappa shape index (κ2) is 4.42. The van der Waals surface area contributed by atoms with Crippen LogP contribution in [0.5, 0.6) is 0 Å². The maximum Gasteiger partial charge on any atom is 0.254 e. The fraction of sp³-hybridized carbons (Fsp3) is 0.500. The van der Waals surface area contributed by atoms with Crippen LogP contribution in [0.15, 0.2) is 12.3 Å². The quantitative estimate of drug-likeness (QED) is 0.880. The van der Waals surface area contributed by atoms with Gasteiger partial charge in [-0.1, -0.05) is 24.9 Å². The van der Waals surface area contributed by atoms with Crippen LogP contribution < -0.4 is 5.32 Å². The van der Waals surface area contributed by atoms with E-state index in [9.17, 15) is 4.79 Å². The molecule has 1 amide bonds. The van der Waals surface area contributed by atoms with Crippen LogP contribution in [0.1, 0.15) is 35.8 Å². The van der Waals surface area contributed by atoms with E-state index in [1.807, 2.05) is 6.92 Å². The average molecular weight is 239 g/mol. The van der Waals surface area contributed by atoms with Crippen molar-refractivity contribution in [3.8, 4) is 0 Å². The van der Waals surface area contributed by atoms with E-state index in [1.54, 1.807) is 6.07 Å². The summed E-state index contributed by atoms with van der Waals surface area (Å²) in [6, 6.07) is 2.04. The number of aryl methyl sites for hydroxylation is 1. The second-order valence-electron chi connectivity index (χ2n) is 4.29. The average Bonchev–Trinajstić information content (AvgIpc) is 2.96. The summed E-state index contributed by atoms with van der Waals surface area (Å²) in [5.74, 6) is 0.527. The minimum absolute atomic E-state index is 0.113. The van der Waals surface area contributed by atoms with Gasteiger partial charge in [0.2, 0.25) is 0 Å². The number of hydrogen-bond acceptors (Lipinski definition) is 2. The third-order valence-corrected chi connectivity index (χ3v) is 3.31. The zero-order chi connectivity index (χ0) is 11.7. The molecule has 0 saturated heterocycles. The standard InChI is InChI=1S/C12H15ClN2O/c1-3-8-5-11(8)15-12(16)9-6-14-7(2)4-10(9)13/h4,6,8,11H,3,5H2,1-2H3,(H,15,16). The second-order valence-corrected chi connectivity index (χ2v) is 4.70. The minimum Gasteiger partial charge on any atom is -0.349 e. The lowest BCUT2D eigenvalue weighted by molar-refractivity contribution is 0.0949. The zero-order valence-electron chi connectivity index (χ0n) is 9.46. The van der Waals surface area contributed by atoms with E-state index in [0.717, 1.165) is 18.5 Å². The summed E-state index contributed by atoms with van der Waals surface area (Å²) in [5.41, 5.74) is 1.29. The molecule has 2 unspecified atom stereocenters. The van der Waals surface area contributed by atoms with Crippen molar-refractivity contribution in [2.24, 2.45) is 5.92 Å². The van der Waals surface area contributed by atoms with Gasteiger partial charge in [-0.15, -0.1) is 0 Å². The molecule has 2 rings (SSSR count). The van der Waals surface area contributed by atoms with Crippen molar-refractivity contribution in [2.45, 2.75) is 32.7 Å². The summed E-state index contributed by atoms with van der Waals surface area (Å²) in [6.45, 7) is 3.98. The summed E-state index contributed by atoms with van der Waals surface area (Å²) in [5, 5.41) is 3.44. The molecule has 1 aliphatic carbocycles. The fourth-order valence-electron chi connectivity index (χ4n) is 1.82. The summed E-state index contributed by atoms with van der Waals surface area (Å²) in [7, 11) is 0. The van der Waals surface area contributed by atoms with E-state index in [-0.39, 0.29) is 5.91 Å². The summed E-state index contributed by atoms with van der Waals surface area (Å²) in [6.07, 6.45) is 3.74. The number of carbonyl (C=O) groups is 1. The molecule has 16 heavy (non-hydrogen) atoms. The third-order valence-electron chi connectivity index (χ3n) is 3.00. The highest BCUT2D eigenvalue weighted by Gasteiger charge is 2.36. The molecule has 0 spiro atoms. The monoisotopic (exact) mass is 238 g/mol. The normalized spacial score (nSPS) is 22.9. The predicted octanol–water partition coefficient (Wildman–Crippen LogP) is 2.57. The summed E-state index contributed by atoms with van der Waals surface area (Å²) < 4.78 is 0. The van der Waals surface area contributed by atoms with Gasteiger partial charge in [0.05, 0.1) is 10.6 Å². The van der Waals surface area contributed by atoms with Gasteiger partial charge in [0.1, 0.15) is 0 Å². The van der Waals surface area contributed by atoms with Crippen LogP contribution in [0.25, 0.3) is 0 Å². The lowest BCUT2D eigenvalue weighted by atomic mass is 10.2. The molecule has 1 aromatic heterocycles. The number of aromatic nitrogens is 1. The van der Waals surface area contributed by atoms with Crippen LogP contribution in [-0.2, 0) is 0 Å². The van der Waals surface area contributed by atoms with Gasteiger partial charge in [-0.25, -0.2) is 0 Å². The number of nitrogens with one attached hydrogen (secondary N) is 1. The van der Waals surface area contributed by atoms with Crippen LogP contribution in [0, 0.1) is 12.8 Å². The molecule has 3 nitrogen and oxygen atoms in total. The van der Waals surface area contributed by atoms with E-state index in [2.05, 4.69) is 17.2 Å². The maximum atomic E-state index is 11.9. The number of amides is 1. The molecule has 1 fully saturated rings. The smallest absolute Gasteiger partial charge is 0.254 e. The van der Waals surface area contributed by atoms with Crippen molar-refractivity contribution < 1.29 is 4.79 Å². The first-order valence-electron chi connectivity index (χ1n) is 5.54. The van der Waals surface area contributed by atoms with E-state index in [1.165, 1.54) is 6.20 Å². The van der Waals surface area contributed by atoms with Gasteiger partial charge in [0.25, 0.3) is 5.91 Å². The van der Waals surface area contributed by atoms with Gasteiger partial charge in [0, 0.05) is 17.9 Å². The van der Waals surface area contributed by atoms with Crippen molar-refractivity contribution in [2.75, 3.05) is 0 Å². The molecular weight excluding hydrogens is 224 g/mol. The van der Waals surface area contributed by atoms with Crippen molar-refractivity contribution in [3.05, 3.63) is 28.5 Å². The summed E-state index contributed by atoms with van der Waals surface area (Å²) >= 11 is 6.00. The number of nitrogens with zero attached hydrogens (tertiary/aromatic N) is 1. The number of carbonyl (C=O) groups excluding carboxylic acids is 1. The van der Waals surface area contributed by atoms with E-state index in [0.29, 0.717) is 22.5 Å². The van der Waals surface area contributed by atoms with Gasteiger partial charge >= 0.3 is 0 Å². The Labute approximate surface area is 100 Å². The molecule has 86 valence electrons. The van der Waals surface area contributed by atoms with Gasteiger partial charge in [-0.05, 0) is 25.3 Å². The van der Waals surface area contributed by atoms with E-state index < -0.39 is 0 Å². The third kappa shape index (κ3) is 2.35. The van der Waals surface area contributed by atoms with Crippen LogP contribution >= 0.6 is 11.6 Å². The molecule has 0 aromatic carbocycles. The van der Waals surface area contributed by atoms with Gasteiger partial charge in [-0.3, -0.25) is 9.78 Å². The molecule has 2 atom stereocenters. The molecule has 1 saturated carbocycles. The van der Waals surface area contributed by atoms with E-state index >= 15 is 0 Å². The maximum absolute atomic E-state index is 11.9. The van der Waals surface area contributed by atoms with Gasteiger partial charge in [0.15, 0.2) is 0 Å². The molecule has 0 aliphatic heterocycles. The molecule has 0 bridgehead atoms. The number of halogens is 1. The fourth-order valence-corrected chi connectivity index (χ4v) is 2.11. The van der Waals surface area contributed by atoms with Gasteiger partial charge < -0.3 is 5.32 Å². The predicted molar refractivity (Wildman–Crippen MR) is 63.6 cm³/mol. The van der Waals surface area contributed by atoms with Crippen molar-refractivity contribution in [1.82, 2.24) is 10.3 Å². The Morgan fingerprint density at radius 3 is 3.00 bits per heavy atom. The Morgan fingerprint density at radius 1 is 1.69 bits per heavy atom. The van der Waals surface area contributed by atoms with Crippen molar-refractivity contribution in [1.29, 1.82) is 0 Å². The Kier molecular flexibility index (Phi) is 3.15. The molecular formula is C12H15ClN2O. The number of rotatable bonds is 3. The Morgan fingerprint density at radius 2 is 2.44 bits per heavy atom. The lowest BCUT2D eigenvalue weighted by Gasteiger charge is -2.06. The van der Waals surface area contributed by atoms with Crippen LogP contribution in [-0.4, -0.2) is 16.9 Å². The van der Waals surface area contributed by atoms with Gasteiger partial charge in [-0.2, -0.15) is 0 Å². The molecule has 1 heterocycles.